The topological polar surface area (TPSA) is 38.3 Å². The minimum absolute atomic E-state index is 0.0358. The van der Waals surface area contributed by atoms with E-state index in [0.29, 0.717) is 18.1 Å². The molecular weight excluding hydrogens is 238 g/mol. The number of alkyl halides is 1. The van der Waals surface area contributed by atoms with Crippen LogP contribution >= 0.6 is 11.6 Å². The lowest BCUT2D eigenvalue weighted by Crippen LogP contribution is -2.35. The average Bonchev–Trinajstić information content (AvgIpc) is 2.82. The molecule has 2 rings (SSSR count). The fourth-order valence-electron chi connectivity index (χ4n) is 1.85. The molecule has 0 saturated carbocycles. The molecule has 17 heavy (non-hydrogen) atoms. The van der Waals surface area contributed by atoms with Crippen LogP contribution in [-0.4, -0.2) is 24.4 Å². The number of carbonyl (C=O) groups is 1. The second-order valence-corrected chi connectivity index (χ2v) is 4.46. The summed E-state index contributed by atoms with van der Waals surface area (Å²) in [4.78, 5) is 12.0. The molecule has 0 fully saturated rings. The van der Waals surface area contributed by atoms with Crippen LogP contribution in [0.4, 0.5) is 0 Å². The molecule has 1 N–H and O–H groups in total. The van der Waals surface area contributed by atoms with E-state index in [1.54, 1.807) is 6.07 Å². The molecule has 1 aromatic rings. The van der Waals surface area contributed by atoms with Crippen LogP contribution in [0, 0.1) is 0 Å². The van der Waals surface area contributed by atoms with Gasteiger partial charge in [-0.25, -0.2) is 0 Å². The molecule has 1 unspecified atom stereocenters. The van der Waals surface area contributed by atoms with E-state index in [2.05, 4.69) is 5.32 Å². The summed E-state index contributed by atoms with van der Waals surface area (Å²) in [5.74, 6) is 1.27. The molecule has 1 aromatic carbocycles. The second kappa shape index (κ2) is 5.41. The number of ether oxygens (including phenoxy) is 1. The molecule has 3 nitrogen and oxygen atoms in total. The Labute approximate surface area is 106 Å². The molecule has 0 saturated heterocycles. The quantitative estimate of drug-likeness (QED) is 0.837. The van der Waals surface area contributed by atoms with Gasteiger partial charge in [0.1, 0.15) is 5.75 Å². The number of amides is 1. The SMILES string of the molecule is CCC(CCl)NC(=O)c1ccc2c(c1)CCO2. The summed E-state index contributed by atoms with van der Waals surface area (Å²) in [6.45, 7) is 2.71. The van der Waals surface area contributed by atoms with Gasteiger partial charge in [-0.1, -0.05) is 6.92 Å². The third kappa shape index (κ3) is 2.72. The number of benzene rings is 1. The Bertz CT molecular complexity index is 416. The Morgan fingerprint density at radius 2 is 2.41 bits per heavy atom. The molecule has 0 radical (unpaired) electrons. The summed E-state index contributed by atoms with van der Waals surface area (Å²) < 4.78 is 5.40. The van der Waals surface area contributed by atoms with E-state index in [4.69, 9.17) is 16.3 Å². The summed E-state index contributed by atoms with van der Waals surface area (Å²) in [7, 11) is 0. The van der Waals surface area contributed by atoms with Gasteiger partial charge >= 0.3 is 0 Å². The van der Waals surface area contributed by atoms with Crippen molar-refractivity contribution in [3.8, 4) is 5.75 Å². The number of hydrogen-bond donors (Lipinski definition) is 1. The Morgan fingerprint density at radius 1 is 1.59 bits per heavy atom. The first-order chi connectivity index (χ1) is 8.24. The van der Waals surface area contributed by atoms with Crippen molar-refractivity contribution in [2.24, 2.45) is 0 Å². The Kier molecular flexibility index (Phi) is 3.89. The minimum atomic E-state index is -0.0628. The fourth-order valence-corrected chi connectivity index (χ4v) is 2.14. The van der Waals surface area contributed by atoms with Crippen LogP contribution in [0.5, 0.6) is 5.75 Å². The maximum atomic E-state index is 12.0. The molecule has 1 amide bonds. The van der Waals surface area contributed by atoms with Crippen LogP contribution < -0.4 is 10.1 Å². The van der Waals surface area contributed by atoms with Crippen LogP contribution in [-0.2, 0) is 6.42 Å². The van der Waals surface area contributed by atoms with Gasteiger partial charge < -0.3 is 10.1 Å². The predicted molar refractivity (Wildman–Crippen MR) is 67.9 cm³/mol. The zero-order valence-electron chi connectivity index (χ0n) is 9.83. The van der Waals surface area contributed by atoms with Gasteiger partial charge in [-0.3, -0.25) is 4.79 Å². The van der Waals surface area contributed by atoms with Crippen molar-refractivity contribution in [1.29, 1.82) is 0 Å². The van der Waals surface area contributed by atoms with Gasteiger partial charge in [0.25, 0.3) is 5.91 Å². The standard InChI is InChI=1S/C13H16ClNO2/c1-2-11(8-14)15-13(16)10-3-4-12-9(7-10)5-6-17-12/h3-4,7,11H,2,5-6,8H2,1H3,(H,15,16). The lowest BCUT2D eigenvalue weighted by Gasteiger charge is -2.14. The fraction of sp³-hybridized carbons (Fsp3) is 0.462. The van der Waals surface area contributed by atoms with E-state index < -0.39 is 0 Å². The highest BCUT2D eigenvalue weighted by molar-refractivity contribution is 6.18. The summed E-state index contributed by atoms with van der Waals surface area (Å²) in [6, 6.07) is 5.59. The number of carbonyl (C=O) groups excluding carboxylic acids is 1. The van der Waals surface area contributed by atoms with Crippen molar-refractivity contribution in [3.05, 3.63) is 29.3 Å². The zero-order valence-corrected chi connectivity index (χ0v) is 10.6. The van der Waals surface area contributed by atoms with Gasteiger partial charge in [-0.2, -0.15) is 0 Å². The lowest BCUT2D eigenvalue weighted by atomic mass is 10.1. The molecule has 0 aliphatic carbocycles. The van der Waals surface area contributed by atoms with E-state index in [0.717, 1.165) is 24.2 Å². The first-order valence-corrected chi connectivity index (χ1v) is 6.40. The van der Waals surface area contributed by atoms with E-state index in [9.17, 15) is 4.79 Å². The molecule has 1 aliphatic rings. The van der Waals surface area contributed by atoms with E-state index in [1.165, 1.54) is 0 Å². The maximum absolute atomic E-state index is 12.0. The van der Waals surface area contributed by atoms with Crippen molar-refractivity contribution in [1.82, 2.24) is 5.32 Å². The Balaban J connectivity index is 2.09. The van der Waals surface area contributed by atoms with Gasteiger partial charge in [0.2, 0.25) is 0 Å². The van der Waals surface area contributed by atoms with Gasteiger partial charge in [0, 0.05) is 23.9 Å². The summed E-state index contributed by atoms with van der Waals surface area (Å²) in [6.07, 6.45) is 1.71. The highest BCUT2D eigenvalue weighted by atomic mass is 35.5. The summed E-state index contributed by atoms with van der Waals surface area (Å²) in [5.41, 5.74) is 1.79. The highest BCUT2D eigenvalue weighted by Gasteiger charge is 2.16. The second-order valence-electron chi connectivity index (χ2n) is 4.15. The number of fused-ring (bicyclic) bond motifs is 1. The van der Waals surface area contributed by atoms with Gasteiger partial charge in [0.15, 0.2) is 0 Å². The molecular formula is C13H16ClNO2. The first-order valence-electron chi connectivity index (χ1n) is 5.87. The largest absolute Gasteiger partial charge is 0.493 e. The molecule has 0 aromatic heterocycles. The number of nitrogens with one attached hydrogen (secondary N) is 1. The Morgan fingerprint density at radius 3 is 3.12 bits per heavy atom. The van der Waals surface area contributed by atoms with Gasteiger partial charge in [0.05, 0.1) is 6.61 Å². The third-order valence-corrected chi connectivity index (χ3v) is 3.34. The van der Waals surface area contributed by atoms with Crippen molar-refractivity contribution >= 4 is 17.5 Å². The summed E-state index contributed by atoms with van der Waals surface area (Å²) >= 11 is 5.76. The molecule has 1 atom stereocenters. The number of hydrogen-bond acceptors (Lipinski definition) is 2. The Hall–Kier alpha value is -1.22. The predicted octanol–water partition coefficient (Wildman–Crippen LogP) is 2.37. The number of halogens is 1. The van der Waals surface area contributed by atoms with Crippen molar-refractivity contribution < 1.29 is 9.53 Å². The van der Waals surface area contributed by atoms with Gasteiger partial charge in [-0.15, -0.1) is 11.6 Å². The van der Waals surface area contributed by atoms with Gasteiger partial charge in [-0.05, 0) is 30.2 Å². The van der Waals surface area contributed by atoms with Crippen LogP contribution in [0.2, 0.25) is 0 Å². The maximum Gasteiger partial charge on any atom is 0.251 e. The average molecular weight is 254 g/mol. The van der Waals surface area contributed by atoms with Crippen LogP contribution in [0.3, 0.4) is 0 Å². The van der Waals surface area contributed by atoms with Crippen LogP contribution in [0.1, 0.15) is 29.3 Å². The molecule has 92 valence electrons. The molecule has 4 heteroatoms. The lowest BCUT2D eigenvalue weighted by molar-refractivity contribution is 0.0939. The van der Waals surface area contributed by atoms with E-state index in [1.807, 2.05) is 19.1 Å². The minimum Gasteiger partial charge on any atom is -0.493 e. The normalized spacial score (nSPS) is 14.9. The highest BCUT2D eigenvalue weighted by Crippen LogP contribution is 2.25. The molecule has 1 heterocycles. The zero-order chi connectivity index (χ0) is 12.3. The smallest absolute Gasteiger partial charge is 0.251 e. The number of rotatable bonds is 4. The van der Waals surface area contributed by atoms with E-state index >= 15 is 0 Å². The monoisotopic (exact) mass is 253 g/mol. The van der Waals surface area contributed by atoms with Crippen LogP contribution in [0.25, 0.3) is 0 Å². The molecule has 1 aliphatic heterocycles. The molecule has 0 spiro atoms. The van der Waals surface area contributed by atoms with Crippen LogP contribution in [0.15, 0.2) is 18.2 Å². The molecule has 0 bridgehead atoms. The van der Waals surface area contributed by atoms with Crippen molar-refractivity contribution in [2.75, 3.05) is 12.5 Å². The van der Waals surface area contributed by atoms with E-state index in [-0.39, 0.29) is 11.9 Å². The van der Waals surface area contributed by atoms with Crippen molar-refractivity contribution in [2.45, 2.75) is 25.8 Å². The third-order valence-electron chi connectivity index (χ3n) is 2.97. The first kappa shape index (κ1) is 12.2. The van der Waals surface area contributed by atoms with Crippen molar-refractivity contribution in [3.63, 3.8) is 0 Å². The summed E-state index contributed by atoms with van der Waals surface area (Å²) in [5, 5.41) is 2.91.